The van der Waals surface area contributed by atoms with Crippen molar-refractivity contribution in [2.75, 3.05) is 18.2 Å². The number of anilines is 2. The zero-order valence-electron chi connectivity index (χ0n) is 15.8. The summed E-state index contributed by atoms with van der Waals surface area (Å²) in [5.41, 5.74) is 8.80. The third kappa shape index (κ3) is 4.03. The highest BCUT2D eigenvalue weighted by atomic mass is 35.5. The molecule has 4 aromatic rings. The summed E-state index contributed by atoms with van der Waals surface area (Å²) in [5.74, 6) is 0.710. The number of nitrogen functional groups attached to an aromatic ring is 1. The van der Waals surface area contributed by atoms with Crippen LogP contribution in [0.4, 0.5) is 11.5 Å². The van der Waals surface area contributed by atoms with Gasteiger partial charge in [0.2, 0.25) is 11.8 Å². The fourth-order valence-corrected chi connectivity index (χ4v) is 3.40. The van der Waals surface area contributed by atoms with E-state index in [1.807, 2.05) is 24.3 Å². The number of rotatable bonds is 5. The average Bonchev–Trinajstić information content (AvgIpc) is 3.13. The van der Waals surface area contributed by atoms with E-state index in [2.05, 4.69) is 15.3 Å². The van der Waals surface area contributed by atoms with E-state index in [-0.39, 0.29) is 29.2 Å². The molecule has 0 aliphatic carbocycles. The number of nitrogens with one attached hydrogen (secondary N) is 1. The predicted octanol–water partition coefficient (Wildman–Crippen LogP) is 4.97. The van der Waals surface area contributed by atoms with Crippen LogP contribution in [0.5, 0.6) is 5.75 Å². The molecule has 9 heteroatoms. The van der Waals surface area contributed by atoms with Crippen molar-refractivity contribution < 1.29 is 13.9 Å². The smallest absolute Gasteiger partial charge is 0.234 e. The van der Waals surface area contributed by atoms with Crippen LogP contribution in [-0.4, -0.2) is 23.0 Å². The molecular formula is C21H16Cl2N4O3. The van der Waals surface area contributed by atoms with Gasteiger partial charge in [0.05, 0.1) is 17.8 Å². The SMILES string of the molecule is COc1ccc(-c2cccc3nc(CC(=O)Nc4nc(Cl)ccc4N)oc23)c(Cl)c1. The first kappa shape index (κ1) is 20.0. The van der Waals surface area contributed by atoms with Crippen LogP contribution < -0.4 is 15.8 Å². The third-order valence-corrected chi connectivity index (χ3v) is 4.91. The molecule has 3 N–H and O–H groups in total. The van der Waals surface area contributed by atoms with E-state index in [4.69, 9.17) is 38.1 Å². The highest BCUT2D eigenvalue weighted by Crippen LogP contribution is 2.36. The second-order valence-corrected chi connectivity index (χ2v) is 7.20. The van der Waals surface area contributed by atoms with Crippen molar-refractivity contribution in [3.8, 4) is 16.9 Å². The Bertz CT molecular complexity index is 1260. The lowest BCUT2D eigenvalue weighted by Crippen LogP contribution is -2.16. The summed E-state index contributed by atoms with van der Waals surface area (Å²) >= 11 is 12.3. The zero-order valence-corrected chi connectivity index (χ0v) is 17.3. The molecule has 30 heavy (non-hydrogen) atoms. The number of aromatic nitrogens is 2. The van der Waals surface area contributed by atoms with Gasteiger partial charge in [0.15, 0.2) is 11.4 Å². The van der Waals surface area contributed by atoms with Crippen LogP contribution in [0.15, 0.2) is 52.9 Å². The maximum atomic E-state index is 12.4. The molecule has 0 aliphatic rings. The molecule has 0 atom stereocenters. The number of nitrogens with two attached hydrogens (primary N) is 1. The molecule has 0 saturated carbocycles. The minimum atomic E-state index is -0.382. The van der Waals surface area contributed by atoms with Gasteiger partial charge in [-0.1, -0.05) is 35.3 Å². The van der Waals surface area contributed by atoms with Crippen molar-refractivity contribution in [3.05, 3.63) is 64.6 Å². The van der Waals surface area contributed by atoms with Gasteiger partial charge in [0.25, 0.3) is 0 Å². The van der Waals surface area contributed by atoms with Gasteiger partial charge in [0, 0.05) is 11.1 Å². The molecule has 0 fully saturated rings. The fourth-order valence-electron chi connectivity index (χ4n) is 2.98. The maximum Gasteiger partial charge on any atom is 0.234 e. The lowest BCUT2D eigenvalue weighted by atomic mass is 10.0. The number of benzene rings is 2. The Morgan fingerprint density at radius 2 is 1.97 bits per heavy atom. The first-order valence-corrected chi connectivity index (χ1v) is 9.64. The summed E-state index contributed by atoms with van der Waals surface area (Å²) in [6.07, 6.45) is -0.0991. The number of hydrogen-bond donors (Lipinski definition) is 2. The number of methoxy groups -OCH3 is 1. The zero-order chi connectivity index (χ0) is 21.3. The number of oxazole rings is 1. The number of nitrogens with zero attached hydrogens (tertiary/aromatic N) is 2. The van der Waals surface area contributed by atoms with Crippen LogP contribution in [0, 0.1) is 0 Å². The fraction of sp³-hybridized carbons (Fsp3) is 0.0952. The Morgan fingerprint density at radius 1 is 1.13 bits per heavy atom. The van der Waals surface area contributed by atoms with Crippen LogP contribution >= 0.6 is 23.2 Å². The third-order valence-electron chi connectivity index (χ3n) is 4.39. The van der Waals surface area contributed by atoms with E-state index in [0.717, 1.165) is 11.1 Å². The molecule has 2 aromatic carbocycles. The Balaban J connectivity index is 1.62. The predicted molar refractivity (Wildman–Crippen MR) is 117 cm³/mol. The summed E-state index contributed by atoms with van der Waals surface area (Å²) in [5, 5.41) is 3.36. The Kier molecular flexibility index (Phi) is 5.48. The van der Waals surface area contributed by atoms with Gasteiger partial charge in [-0.15, -0.1) is 0 Å². The van der Waals surface area contributed by atoms with Crippen molar-refractivity contribution in [2.24, 2.45) is 0 Å². The van der Waals surface area contributed by atoms with Crippen molar-refractivity contribution in [2.45, 2.75) is 6.42 Å². The minimum absolute atomic E-state index is 0.0991. The van der Waals surface area contributed by atoms with Crippen molar-refractivity contribution in [3.63, 3.8) is 0 Å². The highest BCUT2D eigenvalue weighted by molar-refractivity contribution is 6.33. The van der Waals surface area contributed by atoms with Gasteiger partial charge in [-0.05, 0) is 36.4 Å². The van der Waals surface area contributed by atoms with Crippen molar-refractivity contribution in [1.82, 2.24) is 9.97 Å². The number of halogens is 2. The van der Waals surface area contributed by atoms with Gasteiger partial charge in [0.1, 0.15) is 22.8 Å². The number of carbonyl (C=O) groups is 1. The monoisotopic (exact) mass is 442 g/mol. The van der Waals surface area contributed by atoms with Crippen LogP contribution in [0.3, 0.4) is 0 Å². The molecule has 0 spiro atoms. The van der Waals surface area contributed by atoms with E-state index in [9.17, 15) is 4.79 Å². The van der Waals surface area contributed by atoms with Gasteiger partial charge in [-0.25, -0.2) is 9.97 Å². The topological polar surface area (TPSA) is 103 Å². The molecule has 0 saturated heterocycles. The molecule has 0 radical (unpaired) electrons. The molecule has 152 valence electrons. The summed E-state index contributed by atoms with van der Waals surface area (Å²) in [6, 6.07) is 14.0. The number of ether oxygens (including phenoxy) is 1. The normalized spacial score (nSPS) is 10.9. The Labute approximate surface area is 181 Å². The van der Waals surface area contributed by atoms with Gasteiger partial charge < -0.3 is 20.2 Å². The number of para-hydroxylation sites is 1. The second-order valence-electron chi connectivity index (χ2n) is 6.40. The van der Waals surface area contributed by atoms with Gasteiger partial charge in [-0.2, -0.15) is 0 Å². The van der Waals surface area contributed by atoms with Crippen LogP contribution in [-0.2, 0) is 11.2 Å². The first-order valence-electron chi connectivity index (χ1n) is 8.89. The lowest BCUT2D eigenvalue weighted by molar-refractivity contribution is -0.115. The van der Waals surface area contributed by atoms with Crippen molar-refractivity contribution in [1.29, 1.82) is 0 Å². The summed E-state index contributed by atoms with van der Waals surface area (Å²) in [4.78, 5) is 20.8. The van der Waals surface area contributed by atoms with E-state index < -0.39 is 0 Å². The van der Waals surface area contributed by atoms with E-state index >= 15 is 0 Å². The van der Waals surface area contributed by atoms with E-state index in [1.54, 1.807) is 31.4 Å². The van der Waals surface area contributed by atoms with Crippen LogP contribution in [0.25, 0.3) is 22.2 Å². The Hall–Kier alpha value is -3.29. The average molecular weight is 443 g/mol. The Morgan fingerprint density at radius 3 is 2.73 bits per heavy atom. The van der Waals surface area contributed by atoms with Crippen molar-refractivity contribution >= 4 is 51.7 Å². The highest BCUT2D eigenvalue weighted by Gasteiger charge is 2.17. The largest absolute Gasteiger partial charge is 0.497 e. The number of pyridine rings is 1. The molecule has 2 heterocycles. The number of hydrogen-bond acceptors (Lipinski definition) is 6. The molecule has 0 bridgehead atoms. The van der Waals surface area contributed by atoms with E-state index in [0.29, 0.717) is 27.6 Å². The molecule has 1 amide bonds. The quantitative estimate of drug-likeness (QED) is 0.422. The summed E-state index contributed by atoms with van der Waals surface area (Å²) in [7, 11) is 1.58. The number of fused-ring (bicyclic) bond motifs is 1. The number of carbonyl (C=O) groups excluding carboxylic acids is 1. The summed E-state index contributed by atoms with van der Waals surface area (Å²) < 4.78 is 11.1. The van der Waals surface area contributed by atoms with Gasteiger partial charge in [-0.3, -0.25) is 4.79 Å². The van der Waals surface area contributed by atoms with Crippen LogP contribution in [0.2, 0.25) is 10.2 Å². The van der Waals surface area contributed by atoms with E-state index in [1.165, 1.54) is 0 Å². The molecular weight excluding hydrogens is 427 g/mol. The maximum absolute atomic E-state index is 12.4. The molecule has 4 rings (SSSR count). The lowest BCUT2D eigenvalue weighted by Gasteiger charge is -2.07. The number of amides is 1. The second kappa shape index (κ2) is 8.22. The molecule has 0 unspecified atom stereocenters. The molecule has 0 aliphatic heterocycles. The molecule has 2 aromatic heterocycles. The van der Waals surface area contributed by atoms with Crippen LogP contribution in [0.1, 0.15) is 5.89 Å². The van der Waals surface area contributed by atoms with Gasteiger partial charge >= 0.3 is 0 Å². The molecule has 7 nitrogen and oxygen atoms in total. The first-order chi connectivity index (χ1) is 14.4. The standard InChI is InChI=1S/C21H16Cl2N4O3/c1-29-11-5-6-12(14(22)9-11)13-3-2-4-16-20(13)30-19(25-16)10-18(28)27-21-15(24)7-8-17(23)26-21/h2-9H,10,24H2,1H3,(H,26,27,28). The summed E-state index contributed by atoms with van der Waals surface area (Å²) in [6.45, 7) is 0. The minimum Gasteiger partial charge on any atom is -0.497 e.